The van der Waals surface area contributed by atoms with Crippen LogP contribution in [0, 0.1) is 10.1 Å². The topological polar surface area (TPSA) is 77.3 Å². The molecule has 0 saturated heterocycles. The molecule has 1 aromatic rings. The van der Waals surface area contributed by atoms with E-state index in [4.69, 9.17) is 16.3 Å². The van der Waals surface area contributed by atoms with E-state index >= 15 is 0 Å². The molecule has 1 heterocycles. The zero-order valence-electron chi connectivity index (χ0n) is 9.64. The van der Waals surface area contributed by atoms with E-state index in [1.807, 2.05) is 6.92 Å². The van der Waals surface area contributed by atoms with Crippen molar-refractivity contribution >= 4 is 23.1 Å². The molecule has 0 aliphatic heterocycles. The second-order valence-corrected chi connectivity index (χ2v) is 3.97. The Labute approximate surface area is 104 Å². The van der Waals surface area contributed by atoms with E-state index in [1.165, 1.54) is 12.1 Å². The number of nitrogens with one attached hydrogen (secondary N) is 1. The van der Waals surface area contributed by atoms with Crippen LogP contribution in [0.4, 0.5) is 11.5 Å². The van der Waals surface area contributed by atoms with Gasteiger partial charge in [0.05, 0.1) is 4.92 Å². The molecule has 0 aliphatic rings. The van der Waals surface area contributed by atoms with Gasteiger partial charge in [0.1, 0.15) is 5.15 Å². The van der Waals surface area contributed by atoms with E-state index in [2.05, 4.69) is 10.3 Å². The molecule has 1 rings (SSSR count). The van der Waals surface area contributed by atoms with Gasteiger partial charge in [-0.2, -0.15) is 0 Å². The Balaban J connectivity index is 2.81. The highest BCUT2D eigenvalue weighted by molar-refractivity contribution is 6.29. The summed E-state index contributed by atoms with van der Waals surface area (Å²) in [5.41, 5.74) is -0.0846. The van der Waals surface area contributed by atoms with E-state index in [1.54, 1.807) is 7.11 Å². The lowest BCUT2D eigenvalue weighted by Crippen LogP contribution is -2.18. The molecular formula is C10H14ClN3O3. The third kappa shape index (κ3) is 4.16. The molecule has 1 N–H and O–H groups in total. The maximum atomic E-state index is 10.8. The first-order chi connectivity index (χ1) is 8.04. The summed E-state index contributed by atoms with van der Waals surface area (Å²) in [5.74, 6) is 0.186. The predicted octanol–water partition coefficient (Wildman–Crippen LogP) is 2.48. The van der Waals surface area contributed by atoms with E-state index in [0.717, 1.165) is 6.42 Å². The quantitative estimate of drug-likeness (QED) is 0.482. The van der Waals surface area contributed by atoms with Crippen molar-refractivity contribution in [2.24, 2.45) is 0 Å². The minimum Gasteiger partial charge on any atom is -0.385 e. The van der Waals surface area contributed by atoms with Crippen LogP contribution < -0.4 is 5.32 Å². The van der Waals surface area contributed by atoms with Crippen LogP contribution in [0.2, 0.25) is 5.15 Å². The third-order valence-electron chi connectivity index (χ3n) is 2.17. The normalized spacial score (nSPS) is 12.2. The molecule has 0 saturated carbocycles. The highest BCUT2D eigenvalue weighted by Gasteiger charge is 2.17. The summed E-state index contributed by atoms with van der Waals surface area (Å²) in [6, 6.07) is 2.74. The second kappa shape index (κ2) is 6.36. The minimum absolute atomic E-state index is 0.0135. The zero-order valence-corrected chi connectivity index (χ0v) is 10.4. The van der Waals surface area contributed by atoms with Gasteiger partial charge in [-0.1, -0.05) is 11.6 Å². The molecule has 7 heteroatoms. The first-order valence-corrected chi connectivity index (χ1v) is 5.48. The molecule has 0 radical (unpaired) electrons. The number of hydrogen-bond donors (Lipinski definition) is 1. The standard InChI is InChI=1S/C10H14ClN3O3/c1-7(5-6-17-2)12-10-8(14(15)16)3-4-9(11)13-10/h3-4,7H,5-6H2,1-2H3,(H,12,13). The Kier molecular flexibility index (Phi) is 5.11. The van der Waals surface area contributed by atoms with Gasteiger partial charge < -0.3 is 10.1 Å². The van der Waals surface area contributed by atoms with Crippen molar-refractivity contribution < 1.29 is 9.66 Å². The average molecular weight is 260 g/mol. The van der Waals surface area contributed by atoms with E-state index in [0.29, 0.717) is 6.61 Å². The lowest BCUT2D eigenvalue weighted by atomic mass is 10.2. The fourth-order valence-electron chi connectivity index (χ4n) is 1.28. The monoisotopic (exact) mass is 259 g/mol. The number of rotatable bonds is 6. The Hall–Kier alpha value is -1.40. The first-order valence-electron chi connectivity index (χ1n) is 5.11. The second-order valence-electron chi connectivity index (χ2n) is 3.59. The third-order valence-corrected chi connectivity index (χ3v) is 2.39. The smallest absolute Gasteiger partial charge is 0.311 e. The van der Waals surface area contributed by atoms with Crippen LogP contribution in [-0.2, 0) is 4.74 Å². The summed E-state index contributed by atoms with van der Waals surface area (Å²) in [4.78, 5) is 14.2. The van der Waals surface area contributed by atoms with E-state index in [-0.39, 0.29) is 22.7 Å². The van der Waals surface area contributed by atoms with Crippen molar-refractivity contribution in [2.45, 2.75) is 19.4 Å². The zero-order chi connectivity index (χ0) is 12.8. The molecule has 1 aromatic heterocycles. The van der Waals surface area contributed by atoms with Gasteiger partial charge in [0, 0.05) is 25.8 Å². The fraction of sp³-hybridized carbons (Fsp3) is 0.500. The van der Waals surface area contributed by atoms with Gasteiger partial charge >= 0.3 is 5.69 Å². The number of aromatic nitrogens is 1. The average Bonchev–Trinajstić information content (AvgIpc) is 2.26. The van der Waals surface area contributed by atoms with Crippen molar-refractivity contribution in [3.63, 3.8) is 0 Å². The maximum absolute atomic E-state index is 10.8. The van der Waals surface area contributed by atoms with Gasteiger partial charge in [0.2, 0.25) is 5.82 Å². The van der Waals surface area contributed by atoms with Crippen molar-refractivity contribution in [1.29, 1.82) is 0 Å². The van der Waals surface area contributed by atoms with Gasteiger partial charge in [-0.3, -0.25) is 10.1 Å². The van der Waals surface area contributed by atoms with Crippen LogP contribution in [0.1, 0.15) is 13.3 Å². The molecule has 1 unspecified atom stereocenters. The number of hydrogen-bond acceptors (Lipinski definition) is 5. The largest absolute Gasteiger partial charge is 0.385 e. The van der Waals surface area contributed by atoms with Crippen LogP contribution in [-0.4, -0.2) is 29.7 Å². The van der Waals surface area contributed by atoms with Crippen LogP contribution in [0.25, 0.3) is 0 Å². The molecule has 0 aliphatic carbocycles. The molecule has 94 valence electrons. The van der Waals surface area contributed by atoms with Crippen LogP contribution >= 0.6 is 11.6 Å². The molecule has 1 atom stereocenters. The molecule has 0 aromatic carbocycles. The summed E-state index contributed by atoms with van der Waals surface area (Å²) in [5, 5.41) is 14.0. The van der Waals surface area contributed by atoms with Crippen LogP contribution in [0.15, 0.2) is 12.1 Å². The Morgan fingerprint density at radius 2 is 2.35 bits per heavy atom. The predicted molar refractivity (Wildman–Crippen MR) is 65.5 cm³/mol. The van der Waals surface area contributed by atoms with Crippen LogP contribution in [0.3, 0.4) is 0 Å². The van der Waals surface area contributed by atoms with E-state index < -0.39 is 4.92 Å². The number of methoxy groups -OCH3 is 1. The van der Waals surface area contributed by atoms with Crippen molar-refractivity contribution in [3.05, 3.63) is 27.4 Å². The van der Waals surface area contributed by atoms with Crippen LogP contribution in [0.5, 0.6) is 0 Å². The van der Waals surface area contributed by atoms with Gasteiger partial charge in [0.15, 0.2) is 0 Å². The molecule has 0 spiro atoms. The summed E-state index contributed by atoms with van der Waals surface area (Å²) in [6.07, 6.45) is 0.724. The lowest BCUT2D eigenvalue weighted by molar-refractivity contribution is -0.384. The van der Waals surface area contributed by atoms with Gasteiger partial charge in [0.25, 0.3) is 0 Å². The Morgan fingerprint density at radius 3 is 2.94 bits per heavy atom. The van der Waals surface area contributed by atoms with Gasteiger partial charge in [-0.25, -0.2) is 4.98 Å². The number of nitrogens with zero attached hydrogens (tertiary/aromatic N) is 2. The Bertz CT molecular complexity index is 400. The number of anilines is 1. The van der Waals surface area contributed by atoms with Crippen molar-refractivity contribution in [2.75, 3.05) is 19.0 Å². The summed E-state index contributed by atoms with van der Waals surface area (Å²) >= 11 is 5.71. The molecular weight excluding hydrogens is 246 g/mol. The number of halogens is 1. The summed E-state index contributed by atoms with van der Waals surface area (Å²) < 4.78 is 4.93. The maximum Gasteiger partial charge on any atom is 0.311 e. The summed E-state index contributed by atoms with van der Waals surface area (Å²) in [7, 11) is 1.60. The highest BCUT2D eigenvalue weighted by Crippen LogP contribution is 2.24. The van der Waals surface area contributed by atoms with Crippen molar-refractivity contribution in [3.8, 4) is 0 Å². The molecule has 0 amide bonds. The van der Waals surface area contributed by atoms with Gasteiger partial charge in [-0.15, -0.1) is 0 Å². The number of nitro groups is 1. The molecule has 6 nitrogen and oxygen atoms in total. The molecule has 0 bridgehead atoms. The lowest BCUT2D eigenvalue weighted by Gasteiger charge is -2.13. The molecule has 17 heavy (non-hydrogen) atoms. The highest BCUT2D eigenvalue weighted by atomic mass is 35.5. The number of ether oxygens (including phenoxy) is 1. The minimum atomic E-state index is -0.491. The Morgan fingerprint density at radius 1 is 1.65 bits per heavy atom. The van der Waals surface area contributed by atoms with Gasteiger partial charge in [-0.05, 0) is 19.4 Å². The fourth-order valence-corrected chi connectivity index (χ4v) is 1.43. The summed E-state index contributed by atoms with van der Waals surface area (Å²) in [6.45, 7) is 2.47. The van der Waals surface area contributed by atoms with Crippen molar-refractivity contribution in [1.82, 2.24) is 4.98 Å². The SMILES string of the molecule is COCCC(C)Nc1nc(Cl)ccc1[N+](=O)[O-]. The first kappa shape index (κ1) is 13.7. The van der Waals surface area contributed by atoms with E-state index in [9.17, 15) is 10.1 Å². The molecule has 0 fully saturated rings. The number of pyridine rings is 1.